The van der Waals surface area contributed by atoms with Gasteiger partial charge in [0.25, 0.3) is 0 Å². The van der Waals surface area contributed by atoms with Crippen LogP contribution in [0.4, 0.5) is 0 Å². The second-order valence-electron chi connectivity index (χ2n) is 8.47. The molecule has 1 aliphatic carbocycles. The Bertz CT molecular complexity index is 832. The molecule has 2 fully saturated rings. The minimum atomic E-state index is -0.805. The van der Waals surface area contributed by atoms with Crippen molar-refractivity contribution in [3.8, 4) is 0 Å². The van der Waals surface area contributed by atoms with Crippen LogP contribution in [0.25, 0.3) is 0 Å². The van der Waals surface area contributed by atoms with Gasteiger partial charge in [0.05, 0.1) is 18.1 Å². The van der Waals surface area contributed by atoms with Gasteiger partial charge < -0.3 is 9.64 Å². The van der Waals surface area contributed by atoms with E-state index in [1.807, 2.05) is 36.4 Å². The van der Waals surface area contributed by atoms with Crippen molar-refractivity contribution in [1.29, 1.82) is 0 Å². The van der Waals surface area contributed by atoms with Crippen molar-refractivity contribution in [2.45, 2.75) is 56.7 Å². The van der Waals surface area contributed by atoms with Crippen LogP contribution in [0.2, 0.25) is 0 Å². The first-order valence-corrected chi connectivity index (χ1v) is 10.6. The predicted molar refractivity (Wildman–Crippen MR) is 112 cm³/mol. The quantitative estimate of drug-likeness (QED) is 0.696. The summed E-state index contributed by atoms with van der Waals surface area (Å²) in [7, 11) is 0. The zero-order valence-electron chi connectivity index (χ0n) is 17.0. The maximum Gasteiger partial charge on any atom is 0.235 e. The minimum Gasteiger partial charge on any atom is -0.349 e. The van der Waals surface area contributed by atoms with Crippen molar-refractivity contribution in [3.63, 3.8) is 0 Å². The minimum absolute atomic E-state index is 0.0196. The summed E-state index contributed by atoms with van der Waals surface area (Å²) in [6.45, 7) is 2.46. The Kier molecular flexibility index (Phi) is 5.81. The smallest absolute Gasteiger partial charge is 0.235 e. The fourth-order valence-electron chi connectivity index (χ4n) is 5.10. The third-order valence-corrected chi connectivity index (χ3v) is 6.78. The average Bonchev–Trinajstić information content (AvgIpc) is 3.44. The van der Waals surface area contributed by atoms with E-state index in [2.05, 4.69) is 31.2 Å². The van der Waals surface area contributed by atoms with Gasteiger partial charge in [0.1, 0.15) is 0 Å². The largest absolute Gasteiger partial charge is 0.349 e. The van der Waals surface area contributed by atoms with Crippen molar-refractivity contribution in [2.75, 3.05) is 6.61 Å². The standard InChI is InChI=1S/C25H29NO3/c1-25(21-14-8-9-15-21,20-12-6-3-7-13-20)24(28)26-22(18-29-23(26)17-27)16-19-10-4-2-5-11-19/h2-7,10-13,17,21-23H,8-9,14-16,18H2,1H3/t22?,23?,25-/m1/s1. The van der Waals surface area contributed by atoms with Crippen LogP contribution in [-0.2, 0) is 26.2 Å². The van der Waals surface area contributed by atoms with Crippen LogP contribution in [0.3, 0.4) is 0 Å². The summed E-state index contributed by atoms with van der Waals surface area (Å²) < 4.78 is 5.75. The molecule has 1 aliphatic heterocycles. The molecule has 1 amide bonds. The lowest BCUT2D eigenvalue weighted by atomic mass is 9.69. The molecule has 2 aromatic rings. The third-order valence-electron chi connectivity index (χ3n) is 6.78. The number of carbonyl (C=O) groups is 2. The van der Waals surface area contributed by atoms with Gasteiger partial charge in [0.15, 0.2) is 12.5 Å². The Hall–Kier alpha value is -2.46. The summed E-state index contributed by atoms with van der Waals surface area (Å²) in [6, 6.07) is 20.0. The van der Waals surface area contributed by atoms with Gasteiger partial charge in [-0.1, -0.05) is 73.5 Å². The van der Waals surface area contributed by atoms with Crippen molar-refractivity contribution in [1.82, 2.24) is 4.90 Å². The van der Waals surface area contributed by atoms with Crippen molar-refractivity contribution < 1.29 is 14.3 Å². The molecule has 152 valence electrons. The molecular formula is C25H29NO3. The normalized spacial score (nSPS) is 24.4. The van der Waals surface area contributed by atoms with Crippen molar-refractivity contribution in [2.24, 2.45) is 5.92 Å². The van der Waals surface area contributed by atoms with E-state index in [4.69, 9.17) is 4.74 Å². The maximum absolute atomic E-state index is 14.1. The first-order chi connectivity index (χ1) is 14.1. The fourth-order valence-corrected chi connectivity index (χ4v) is 5.10. The number of amides is 1. The molecule has 3 atom stereocenters. The highest BCUT2D eigenvalue weighted by molar-refractivity contribution is 5.90. The van der Waals surface area contributed by atoms with E-state index >= 15 is 0 Å². The van der Waals surface area contributed by atoms with Gasteiger partial charge in [-0.05, 0) is 43.2 Å². The number of hydrogen-bond acceptors (Lipinski definition) is 3. The summed E-state index contributed by atoms with van der Waals surface area (Å²) in [6.07, 6.45) is 5.04. The second kappa shape index (κ2) is 8.50. The van der Waals surface area contributed by atoms with Gasteiger partial charge in [-0.2, -0.15) is 0 Å². The van der Waals surface area contributed by atoms with Gasteiger partial charge in [-0.3, -0.25) is 9.59 Å². The predicted octanol–water partition coefficient (Wildman–Crippen LogP) is 4.13. The number of benzene rings is 2. The molecule has 4 nitrogen and oxygen atoms in total. The summed E-state index contributed by atoms with van der Waals surface area (Å²) in [5.74, 6) is 0.300. The van der Waals surface area contributed by atoms with Crippen LogP contribution in [-0.4, -0.2) is 36.0 Å². The van der Waals surface area contributed by atoms with Crippen LogP contribution < -0.4 is 0 Å². The molecule has 29 heavy (non-hydrogen) atoms. The summed E-state index contributed by atoms with van der Waals surface area (Å²) in [5, 5.41) is 0. The van der Waals surface area contributed by atoms with Crippen LogP contribution in [0.1, 0.15) is 43.7 Å². The van der Waals surface area contributed by atoms with Crippen LogP contribution in [0.5, 0.6) is 0 Å². The number of hydrogen-bond donors (Lipinski definition) is 0. The summed E-state index contributed by atoms with van der Waals surface area (Å²) >= 11 is 0. The highest BCUT2D eigenvalue weighted by atomic mass is 16.5. The van der Waals surface area contributed by atoms with E-state index in [0.717, 1.165) is 43.1 Å². The van der Waals surface area contributed by atoms with E-state index < -0.39 is 11.6 Å². The molecule has 0 spiro atoms. The van der Waals surface area contributed by atoms with Gasteiger partial charge in [-0.25, -0.2) is 0 Å². The molecule has 1 heterocycles. The number of rotatable bonds is 6. The van der Waals surface area contributed by atoms with Gasteiger partial charge >= 0.3 is 0 Å². The van der Waals surface area contributed by atoms with Gasteiger partial charge in [-0.15, -0.1) is 0 Å². The molecule has 1 saturated carbocycles. The van der Waals surface area contributed by atoms with E-state index in [0.29, 0.717) is 13.0 Å². The summed E-state index contributed by atoms with van der Waals surface area (Å²) in [4.78, 5) is 27.6. The molecule has 4 heteroatoms. The zero-order chi connectivity index (χ0) is 20.3. The Balaban J connectivity index is 1.69. The molecule has 1 saturated heterocycles. The highest BCUT2D eigenvalue weighted by Gasteiger charge is 2.50. The lowest BCUT2D eigenvalue weighted by Crippen LogP contribution is -2.54. The molecule has 2 unspecified atom stereocenters. The Labute approximate surface area is 172 Å². The fraction of sp³-hybridized carbons (Fsp3) is 0.440. The Morgan fingerprint density at radius 1 is 1.07 bits per heavy atom. The molecule has 4 rings (SSSR count). The third kappa shape index (κ3) is 3.74. The molecule has 0 bridgehead atoms. The molecular weight excluding hydrogens is 362 g/mol. The van der Waals surface area contributed by atoms with E-state index in [-0.39, 0.29) is 17.9 Å². The van der Waals surface area contributed by atoms with Gasteiger partial charge in [0, 0.05) is 0 Å². The molecule has 0 radical (unpaired) electrons. The number of carbonyl (C=O) groups excluding carboxylic acids is 2. The second-order valence-corrected chi connectivity index (χ2v) is 8.47. The average molecular weight is 392 g/mol. The van der Waals surface area contributed by atoms with E-state index in [9.17, 15) is 9.59 Å². The van der Waals surface area contributed by atoms with Crippen LogP contribution in [0, 0.1) is 5.92 Å². The van der Waals surface area contributed by atoms with Crippen molar-refractivity contribution in [3.05, 3.63) is 71.8 Å². The number of nitrogens with zero attached hydrogens (tertiary/aromatic N) is 1. The number of aldehydes is 1. The lowest BCUT2D eigenvalue weighted by molar-refractivity contribution is -0.149. The van der Waals surface area contributed by atoms with E-state index in [1.54, 1.807) is 4.90 Å². The van der Waals surface area contributed by atoms with Crippen molar-refractivity contribution >= 4 is 12.2 Å². The van der Waals surface area contributed by atoms with Gasteiger partial charge in [0.2, 0.25) is 5.91 Å². The summed E-state index contributed by atoms with van der Waals surface area (Å²) in [5.41, 5.74) is 1.53. The first kappa shape index (κ1) is 19.8. The molecule has 0 N–H and O–H groups in total. The zero-order valence-corrected chi connectivity index (χ0v) is 17.0. The number of ether oxygens (including phenoxy) is 1. The molecule has 2 aromatic carbocycles. The lowest BCUT2D eigenvalue weighted by Gasteiger charge is -2.40. The SMILES string of the molecule is C[C@@](C(=O)N1C(Cc2ccccc2)COC1C=O)(c1ccccc1)C1CCCC1. The Morgan fingerprint density at radius 3 is 2.31 bits per heavy atom. The monoisotopic (exact) mass is 391 g/mol. The Morgan fingerprint density at radius 2 is 1.69 bits per heavy atom. The topological polar surface area (TPSA) is 46.6 Å². The van der Waals surface area contributed by atoms with Crippen LogP contribution in [0.15, 0.2) is 60.7 Å². The molecule has 2 aliphatic rings. The first-order valence-electron chi connectivity index (χ1n) is 10.6. The maximum atomic E-state index is 14.1. The van der Waals surface area contributed by atoms with Crippen LogP contribution >= 0.6 is 0 Å². The molecule has 0 aromatic heterocycles. The highest BCUT2D eigenvalue weighted by Crippen LogP contribution is 2.44. The van der Waals surface area contributed by atoms with E-state index in [1.165, 1.54) is 0 Å².